The van der Waals surface area contributed by atoms with Crippen molar-refractivity contribution in [3.63, 3.8) is 0 Å². The van der Waals surface area contributed by atoms with Crippen LogP contribution >= 0.6 is 0 Å². The molecule has 2 heterocycles. The van der Waals surface area contributed by atoms with Gasteiger partial charge in [0.2, 0.25) is 0 Å². The molecule has 0 unspecified atom stereocenters. The first-order chi connectivity index (χ1) is 8.19. The monoisotopic (exact) mass is 231 g/mol. The number of nitrogens with zero attached hydrogens (tertiary/aromatic N) is 4. The van der Waals surface area contributed by atoms with Crippen molar-refractivity contribution in [3.05, 3.63) is 23.4 Å². The zero-order valence-electron chi connectivity index (χ0n) is 10.7. The number of hydrogen-bond acceptors (Lipinski definition) is 4. The second-order valence-electron chi connectivity index (χ2n) is 3.93. The maximum absolute atomic E-state index is 4.29. The van der Waals surface area contributed by atoms with Crippen LogP contribution in [-0.2, 0) is 6.54 Å². The molecule has 0 saturated heterocycles. The highest BCUT2D eigenvalue weighted by Gasteiger charge is 2.13. The SMILES string of the molecule is CCn1nccc1-c1nnc(NC)c(C)c1C. The van der Waals surface area contributed by atoms with Crippen molar-refractivity contribution < 1.29 is 0 Å². The van der Waals surface area contributed by atoms with Crippen LogP contribution in [0.15, 0.2) is 12.3 Å². The highest BCUT2D eigenvalue weighted by atomic mass is 15.3. The van der Waals surface area contributed by atoms with Crippen LogP contribution in [-0.4, -0.2) is 27.0 Å². The van der Waals surface area contributed by atoms with Gasteiger partial charge in [-0.1, -0.05) is 0 Å². The molecule has 1 N–H and O–H groups in total. The number of rotatable bonds is 3. The van der Waals surface area contributed by atoms with Crippen molar-refractivity contribution in [2.45, 2.75) is 27.3 Å². The molecule has 0 aromatic carbocycles. The van der Waals surface area contributed by atoms with Gasteiger partial charge in [-0.25, -0.2) is 0 Å². The van der Waals surface area contributed by atoms with Crippen LogP contribution in [0.1, 0.15) is 18.1 Å². The van der Waals surface area contributed by atoms with Gasteiger partial charge in [-0.3, -0.25) is 4.68 Å². The van der Waals surface area contributed by atoms with Gasteiger partial charge in [0.1, 0.15) is 5.69 Å². The molecule has 0 amide bonds. The Morgan fingerprint density at radius 2 is 2.00 bits per heavy atom. The number of aryl methyl sites for hydroxylation is 1. The van der Waals surface area contributed by atoms with E-state index in [1.54, 1.807) is 6.20 Å². The Bertz CT molecular complexity index is 530. The lowest BCUT2D eigenvalue weighted by atomic mass is 10.1. The molecular formula is C12H17N5. The fourth-order valence-electron chi connectivity index (χ4n) is 1.87. The normalized spacial score (nSPS) is 10.6. The fourth-order valence-corrected chi connectivity index (χ4v) is 1.87. The first-order valence-electron chi connectivity index (χ1n) is 5.72. The van der Waals surface area contributed by atoms with Crippen LogP contribution in [0.3, 0.4) is 0 Å². The average molecular weight is 231 g/mol. The van der Waals surface area contributed by atoms with E-state index >= 15 is 0 Å². The maximum Gasteiger partial charge on any atom is 0.151 e. The quantitative estimate of drug-likeness (QED) is 0.878. The van der Waals surface area contributed by atoms with Crippen LogP contribution < -0.4 is 5.32 Å². The second-order valence-corrected chi connectivity index (χ2v) is 3.93. The lowest BCUT2D eigenvalue weighted by Crippen LogP contribution is -2.06. The molecule has 0 spiro atoms. The smallest absolute Gasteiger partial charge is 0.151 e. The van der Waals surface area contributed by atoms with Crippen molar-refractivity contribution in [3.8, 4) is 11.4 Å². The minimum atomic E-state index is 0.828. The highest BCUT2D eigenvalue weighted by Crippen LogP contribution is 2.25. The number of aromatic nitrogens is 4. The molecule has 2 aromatic rings. The first-order valence-corrected chi connectivity index (χ1v) is 5.72. The molecule has 0 aliphatic heterocycles. The number of nitrogens with one attached hydrogen (secondary N) is 1. The van der Waals surface area contributed by atoms with Crippen molar-refractivity contribution in [1.29, 1.82) is 0 Å². The van der Waals surface area contributed by atoms with E-state index in [0.29, 0.717) is 0 Å². The topological polar surface area (TPSA) is 55.6 Å². The summed E-state index contributed by atoms with van der Waals surface area (Å²) in [6.07, 6.45) is 1.79. The Hall–Kier alpha value is -1.91. The molecule has 0 bridgehead atoms. The molecule has 5 nitrogen and oxygen atoms in total. The molecule has 0 saturated carbocycles. The molecule has 2 rings (SSSR count). The lowest BCUT2D eigenvalue weighted by Gasteiger charge is -2.11. The zero-order chi connectivity index (χ0) is 12.4. The van der Waals surface area contributed by atoms with E-state index in [1.165, 1.54) is 0 Å². The molecule has 0 radical (unpaired) electrons. The molecule has 0 aliphatic rings. The first kappa shape index (κ1) is 11.6. The van der Waals surface area contributed by atoms with E-state index in [0.717, 1.165) is 34.9 Å². The van der Waals surface area contributed by atoms with Crippen molar-refractivity contribution in [2.24, 2.45) is 0 Å². The Kier molecular flexibility index (Phi) is 3.08. The van der Waals surface area contributed by atoms with Gasteiger partial charge in [0.25, 0.3) is 0 Å². The van der Waals surface area contributed by atoms with Gasteiger partial charge < -0.3 is 5.32 Å². The molecule has 0 atom stereocenters. The summed E-state index contributed by atoms with van der Waals surface area (Å²) in [5, 5.41) is 15.8. The molecule has 2 aromatic heterocycles. The van der Waals surface area contributed by atoms with E-state index in [1.807, 2.05) is 24.7 Å². The van der Waals surface area contributed by atoms with E-state index in [-0.39, 0.29) is 0 Å². The molecule has 0 aliphatic carbocycles. The summed E-state index contributed by atoms with van der Waals surface area (Å²) in [5.74, 6) is 0.828. The predicted octanol–water partition coefficient (Wildman–Crippen LogP) is 2.02. The molecular weight excluding hydrogens is 214 g/mol. The van der Waals surface area contributed by atoms with Crippen LogP contribution in [0.2, 0.25) is 0 Å². The minimum Gasteiger partial charge on any atom is -0.371 e. The lowest BCUT2D eigenvalue weighted by molar-refractivity contribution is 0.664. The molecule has 90 valence electrons. The number of hydrogen-bond donors (Lipinski definition) is 1. The van der Waals surface area contributed by atoms with Gasteiger partial charge in [0, 0.05) is 19.8 Å². The zero-order valence-corrected chi connectivity index (χ0v) is 10.7. The third-order valence-corrected chi connectivity index (χ3v) is 3.02. The van der Waals surface area contributed by atoms with Crippen molar-refractivity contribution >= 4 is 5.82 Å². The van der Waals surface area contributed by atoms with E-state index in [2.05, 4.69) is 34.5 Å². The van der Waals surface area contributed by atoms with E-state index in [9.17, 15) is 0 Å². The van der Waals surface area contributed by atoms with E-state index in [4.69, 9.17) is 0 Å². The van der Waals surface area contributed by atoms with Crippen LogP contribution in [0, 0.1) is 13.8 Å². The minimum absolute atomic E-state index is 0.828. The second kappa shape index (κ2) is 4.53. The molecule has 5 heteroatoms. The standard InChI is InChI=1S/C12H17N5/c1-5-17-10(6-7-14-17)11-8(2)9(3)12(13-4)16-15-11/h6-7H,5H2,1-4H3,(H,13,16). The summed E-state index contributed by atoms with van der Waals surface area (Å²) in [4.78, 5) is 0. The summed E-state index contributed by atoms with van der Waals surface area (Å²) in [5.41, 5.74) is 4.19. The summed E-state index contributed by atoms with van der Waals surface area (Å²) in [6.45, 7) is 7.00. The van der Waals surface area contributed by atoms with Crippen LogP contribution in [0.4, 0.5) is 5.82 Å². The summed E-state index contributed by atoms with van der Waals surface area (Å²) < 4.78 is 1.93. The fraction of sp³-hybridized carbons (Fsp3) is 0.417. The van der Waals surface area contributed by atoms with Gasteiger partial charge in [0.05, 0.1) is 5.69 Å². The Balaban J connectivity index is 2.57. The Morgan fingerprint density at radius 1 is 1.24 bits per heavy atom. The third kappa shape index (κ3) is 1.88. The van der Waals surface area contributed by atoms with Crippen LogP contribution in [0.5, 0.6) is 0 Å². The van der Waals surface area contributed by atoms with Gasteiger partial charge in [-0.05, 0) is 38.0 Å². The predicted molar refractivity (Wildman–Crippen MR) is 67.9 cm³/mol. The number of anilines is 1. The Morgan fingerprint density at radius 3 is 2.65 bits per heavy atom. The Labute approximate surface area is 101 Å². The van der Waals surface area contributed by atoms with Gasteiger partial charge in [-0.15, -0.1) is 10.2 Å². The van der Waals surface area contributed by atoms with Gasteiger partial charge >= 0.3 is 0 Å². The molecule has 17 heavy (non-hydrogen) atoms. The highest BCUT2D eigenvalue weighted by molar-refractivity contribution is 5.63. The van der Waals surface area contributed by atoms with E-state index < -0.39 is 0 Å². The van der Waals surface area contributed by atoms with Crippen LogP contribution in [0.25, 0.3) is 11.4 Å². The summed E-state index contributed by atoms with van der Waals surface area (Å²) in [7, 11) is 1.85. The average Bonchev–Trinajstić information content (AvgIpc) is 2.80. The summed E-state index contributed by atoms with van der Waals surface area (Å²) in [6, 6.07) is 1.97. The third-order valence-electron chi connectivity index (χ3n) is 3.02. The summed E-state index contributed by atoms with van der Waals surface area (Å²) >= 11 is 0. The largest absolute Gasteiger partial charge is 0.371 e. The van der Waals surface area contributed by atoms with Gasteiger partial charge in [0.15, 0.2) is 5.82 Å². The maximum atomic E-state index is 4.29. The molecule has 0 fully saturated rings. The van der Waals surface area contributed by atoms with Crippen molar-refractivity contribution in [1.82, 2.24) is 20.0 Å². The van der Waals surface area contributed by atoms with Crippen molar-refractivity contribution in [2.75, 3.05) is 12.4 Å². The van der Waals surface area contributed by atoms with Gasteiger partial charge in [-0.2, -0.15) is 5.10 Å².